The predicted molar refractivity (Wildman–Crippen MR) is 133 cm³/mol. The van der Waals surface area contributed by atoms with E-state index >= 15 is 0 Å². The first-order chi connectivity index (χ1) is 16.4. The molecule has 0 rings (SSSR count). The van der Waals surface area contributed by atoms with Crippen molar-refractivity contribution in [1.82, 2.24) is 0 Å². The number of ether oxygens (including phenoxy) is 5. The van der Waals surface area contributed by atoms with Crippen LogP contribution in [0.5, 0.6) is 0 Å². The Bertz CT molecular complexity index is 576. The third-order valence-electron chi connectivity index (χ3n) is 3.71. The largest absolute Gasteiger partial charge is 0.478 e. The predicted octanol–water partition coefficient (Wildman–Crippen LogP) is 1.10. The van der Waals surface area contributed by atoms with E-state index in [4.69, 9.17) is 53.1 Å². The molecule has 0 aromatic rings. The molecular formula is C22H47O13P. The van der Waals surface area contributed by atoms with Crippen LogP contribution in [0.3, 0.4) is 0 Å². The van der Waals surface area contributed by atoms with Crippen molar-refractivity contribution < 1.29 is 63.0 Å². The van der Waals surface area contributed by atoms with Crippen molar-refractivity contribution in [3.63, 3.8) is 0 Å². The first-order valence-electron chi connectivity index (χ1n) is 11.4. The topological polar surface area (TPSA) is 202 Å². The number of phosphoric acid groups is 1. The average molecular weight is 551 g/mol. The molecule has 0 aliphatic carbocycles. The molecule has 0 fully saturated rings. The van der Waals surface area contributed by atoms with E-state index in [-0.39, 0.29) is 42.7 Å². The summed E-state index contributed by atoms with van der Waals surface area (Å²) < 4.78 is 36.8. The third-order valence-corrected chi connectivity index (χ3v) is 3.71. The van der Waals surface area contributed by atoms with Gasteiger partial charge in [-0.3, -0.25) is 0 Å². The number of carboxylic acid groups (broad SMARTS) is 1. The van der Waals surface area contributed by atoms with Crippen LogP contribution in [0, 0.1) is 0 Å². The smallest absolute Gasteiger partial charge is 0.466 e. The lowest BCUT2D eigenvalue weighted by atomic mass is 10.3. The number of aliphatic hydroxyl groups is 2. The zero-order valence-electron chi connectivity index (χ0n) is 22.4. The van der Waals surface area contributed by atoms with Crippen molar-refractivity contribution in [1.29, 1.82) is 0 Å². The van der Waals surface area contributed by atoms with E-state index in [1.54, 1.807) is 6.92 Å². The molecule has 0 bridgehead atoms. The first-order valence-corrected chi connectivity index (χ1v) is 13.0. The van der Waals surface area contributed by atoms with Crippen LogP contribution < -0.4 is 0 Å². The maximum Gasteiger partial charge on any atom is 0.466 e. The second-order valence-corrected chi connectivity index (χ2v) is 9.38. The van der Waals surface area contributed by atoms with Gasteiger partial charge in [-0.25, -0.2) is 9.36 Å². The number of hydrogen-bond donors (Lipinski definition) is 6. The lowest BCUT2D eigenvalue weighted by Gasteiger charge is -2.22. The summed E-state index contributed by atoms with van der Waals surface area (Å²) in [5.74, 6) is -0.935. The van der Waals surface area contributed by atoms with Gasteiger partial charge < -0.3 is 53.7 Å². The number of rotatable bonds is 17. The van der Waals surface area contributed by atoms with Crippen LogP contribution in [-0.2, 0) is 33.0 Å². The molecule has 36 heavy (non-hydrogen) atoms. The first kappa shape index (κ1) is 39.6. The van der Waals surface area contributed by atoms with Crippen LogP contribution in [0.4, 0.5) is 0 Å². The van der Waals surface area contributed by atoms with E-state index in [0.717, 1.165) is 0 Å². The van der Waals surface area contributed by atoms with E-state index in [9.17, 15) is 9.90 Å². The van der Waals surface area contributed by atoms with Crippen LogP contribution in [0.25, 0.3) is 0 Å². The van der Waals surface area contributed by atoms with E-state index in [2.05, 4.69) is 6.58 Å². The van der Waals surface area contributed by atoms with Gasteiger partial charge in [-0.15, -0.1) is 0 Å². The highest BCUT2D eigenvalue weighted by Crippen LogP contribution is 2.25. The van der Waals surface area contributed by atoms with Gasteiger partial charge in [-0.1, -0.05) is 6.58 Å². The minimum Gasteiger partial charge on any atom is -0.478 e. The molecule has 0 amide bonds. The van der Waals surface area contributed by atoms with Gasteiger partial charge in [0, 0.05) is 5.57 Å². The summed E-state index contributed by atoms with van der Waals surface area (Å²) in [6, 6.07) is 0. The van der Waals surface area contributed by atoms with Gasteiger partial charge in [0.2, 0.25) is 0 Å². The molecule has 0 saturated heterocycles. The Morgan fingerprint density at radius 3 is 1.14 bits per heavy atom. The lowest BCUT2D eigenvalue weighted by molar-refractivity contribution is -0.132. The Hall–Kier alpha value is -0.960. The van der Waals surface area contributed by atoms with Gasteiger partial charge in [-0.2, -0.15) is 0 Å². The molecule has 218 valence electrons. The fourth-order valence-corrected chi connectivity index (χ4v) is 1.75. The van der Waals surface area contributed by atoms with Gasteiger partial charge in [0.25, 0.3) is 0 Å². The molecule has 6 N–H and O–H groups in total. The molecule has 0 spiro atoms. The number of aliphatic hydroxyl groups excluding tert-OH is 2. The van der Waals surface area contributed by atoms with E-state index < -0.39 is 19.9 Å². The average Bonchev–Trinajstić information content (AvgIpc) is 2.75. The molecule has 14 heteroatoms. The molecule has 0 heterocycles. The molecule has 0 radical (unpaired) electrons. The van der Waals surface area contributed by atoms with Crippen molar-refractivity contribution in [2.75, 3.05) is 39.6 Å². The second-order valence-electron chi connectivity index (χ2n) is 8.35. The molecule has 6 atom stereocenters. The van der Waals surface area contributed by atoms with Gasteiger partial charge in [0.1, 0.15) is 0 Å². The zero-order chi connectivity index (χ0) is 28.9. The molecule has 0 saturated carbocycles. The van der Waals surface area contributed by atoms with Crippen molar-refractivity contribution in [3.8, 4) is 0 Å². The van der Waals surface area contributed by atoms with Gasteiger partial charge in [-0.05, 0) is 48.5 Å². The Morgan fingerprint density at radius 2 is 0.944 bits per heavy atom. The minimum atomic E-state index is -4.64. The van der Waals surface area contributed by atoms with Crippen LogP contribution in [-0.4, -0.2) is 112 Å². The van der Waals surface area contributed by atoms with Crippen molar-refractivity contribution in [2.45, 2.75) is 85.1 Å². The van der Waals surface area contributed by atoms with E-state index in [1.165, 1.54) is 6.92 Å². The van der Waals surface area contributed by atoms with Crippen LogP contribution in [0.15, 0.2) is 12.2 Å². The molecule has 0 aliphatic rings. The summed E-state index contributed by atoms with van der Waals surface area (Å²) in [7, 11) is -4.64. The van der Waals surface area contributed by atoms with Gasteiger partial charge in [0.15, 0.2) is 0 Å². The molecule has 0 aromatic carbocycles. The van der Waals surface area contributed by atoms with E-state index in [1.807, 2.05) is 34.6 Å². The quantitative estimate of drug-likeness (QED) is 0.111. The summed E-state index contributed by atoms with van der Waals surface area (Å²) >= 11 is 0. The van der Waals surface area contributed by atoms with Crippen molar-refractivity contribution in [3.05, 3.63) is 12.2 Å². The molecule has 13 nitrogen and oxygen atoms in total. The highest BCUT2D eigenvalue weighted by Gasteiger charge is 2.12. The summed E-state index contributed by atoms with van der Waals surface area (Å²) in [6.07, 6.45) is -0.868. The third kappa shape index (κ3) is 37.6. The summed E-state index contributed by atoms with van der Waals surface area (Å²) in [5, 5.41) is 26.0. The summed E-state index contributed by atoms with van der Waals surface area (Å²) in [5.41, 5.74) is 0.176. The second kappa shape index (κ2) is 23.2. The number of aliphatic carboxylic acids is 1. The minimum absolute atomic E-state index is 0.00675. The molecule has 0 aromatic heterocycles. The Morgan fingerprint density at radius 1 is 0.722 bits per heavy atom. The molecule has 0 aliphatic heterocycles. The Labute approximate surface area is 214 Å². The fourth-order valence-electron chi connectivity index (χ4n) is 1.75. The molecule has 6 unspecified atom stereocenters. The maximum absolute atomic E-state index is 9.60. The number of carboxylic acids is 1. The monoisotopic (exact) mass is 550 g/mol. The number of carbonyl (C=O) groups is 1. The van der Waals surface area contributed by atoms with Gasteiger partial charge in [0.05, 0.1) is 76.3 Å². The summed E-state index contributed by atoms with van der Waals surface area (Å²) in [4.78, 5) is 31.2. The standard InChI is InChI=1S/C18H38O7.C4H6O2.H3O4P/c1-13(20)8-21-15(3)10-23-17(5)12-25-18(6)11-24-16(4)9-22-14(2)7-19;1-3(2)4(5)6;1-5(2,3)4/h13-20H,7-12H2,1-6H3;1H2,2H3,(H,5,6);(H3,1,2,3,4). The summed E-state index contributed by atoms with van der Waals surface area (Å²) in [6.45, 7) is 18.0. The van der Waals surface area contributed by atoms with Crippen LogP contribution in [0.2, 0.25) is 0 Å². The Kier molecular flexibility index (Phi) is 25.5. The molecular weight excluding hydrogens is 503 g/mol. The van der Waals surface area contributed by atoms with Gasteiger partial charge >= 0.3 is 13.8 Å². The van der Waals surface area contributed by atoms with Crippen molar-refractivity contribution in [2.24, 2.45) is 0 Å². The van der Waals surface area contributed by atoms with Crippen LogP contribution >= 0.6 is 7.82 Å². The highest BCUT2D eigenvalue weighted by atomic mass is 31.2. The van der Waals surface area contributed by atoms with Crippen LogP contribution in [0.1, 0.15) is 48.5 Å². The highest BCUT2D eigenvalue weighted by molar-refractivity contribution is 7.45. The SMILES string of the molecule is C=C(C)C(=O)O.CC(O)COC(C)COC(C)COC(C)COC(C)COC(C)CO.O=P(O)(O)O. The zero-order valence-corrected chi connectivity index (χ0v) is 23.3. The normalized spacial score (nSPS) is 16.2. The maximum atomic E-state index is 9.60. The lowest BCUT2D eigenvalue weighted by Crippen LogP contribution is -2.29. The van der Waals surface area contributed by atoms with E-state index in [0.29, 0.717) is 33.0 Å². The number of hydrogen-bond acceptors (Lipinski definition) is 9. The fraction of sp³-hybridized carbons (Fsp3) is 0.864. The van der Waals surface area contributed by atoms with Crippen molar-refractivity contribution >= 4 is 13.8 Å². The Balaban J connectivity index is -0.000000818.